The molecule has 0 spiro atoms. The molecule has 1 N–H and O–H groups in total. The quantitative estimate of drug-likeness (QED) is 0.510. The van der Waals surface area contributed by atoms with Gasteiger partial charge in [-0.1, -0.05) is 36.4 Å². The Morgan fingerprint density at radius 3 is 2.74 bits per heavy atom. The SMILES string of the molecule is C=CCSC1=C(C#N)[C@H](c2ccccc2)[C@H](C(=O)OC)C(=O)N1. The zero-order valence-electron chi connectivity index (χ0n) is 12.6. The van der Waals surface area contributed by atoms with Crippen LogP contribution in [0.4, 0.5) is 0 Å². The van der Waals surface area contributed by atoms with E-state index in [1.807, 2.05) is 18.2 Å². The van der Waals surface area contributed by atoms with Crippen molar-refractivity contribution < 1.29 is 14.3 Å². The van der Waals surface area contributed by atoms with E-state index in [0.29, 0.717) is 16.4 Å². The fraction of sp³-hybridized carbons (Fsp3) is 0.235. The standard InChI is InChI=1S/C17H16N2O3S/c1-3-9-23-16-12(10-18)13(11-7-5-4-6-8-11)14(15(20)19-16)17(21)22-2/h3-8,13-14H,1,9H2,2H3,(H,19,20)/t13-,14-/m0/s1. The van der Waals surface area contributed by atoms with E-state index in [-0.39, 0.29) is 0 Å². The number of benzene rings is 1. The Labute approximate surface area is 139 Å². The summed E-state index contributed by atoms with van der Waals surface area (Å²) in [6.45, 7) is 3.64. The molecule has 1 aromatic rings. The molecule has 5 nitrogen and oxygen atoms in total. The average molecular weight is 328 g/mol. The Bertz CT molecular complexity index is 692. The number of rotatable bonds is 5. The Morgan fingerprint density at radius 1 is 1.48 bits per heavy atom. The summed E-state index contributed by atoms with van der Waals surface area (Å²) in [5, 5.41) is 12.7. The minimum Gasteiger partial charge on any atom is -0.468 e. The van der Waals surface area contributed by atoms with Crippen molar-refractivity contribution in [2.45, 2.75) is 5.92 Å². The maximum Gasteiger partial charge on any atom is 0.319 e. The van der Waals surface area contributed by atoms with Crippen LogP contribution in [0.15, 0.2) is 53.6 Å². The lowest BCUT2D eigenvalue weighted by atomic mass is 9.78. The maximum absolute atomic E-state index is 12.4. The number of allylic oxidation sites excluding steroid dienone is 1. The minimum atomic E-state index is -1.08. The van der Waals surface area contributed by atoms with Crippen LogP contribution in [-0.4, -0.2) is 24.7 Å². The number of nitrogens with zero attached hydrogens (tertiary/aromatic N) is 1. The molecule has 0 saturated carbocycles. The molecule has 6 heteroatoms. The highest BCUT2D eigenvalue weighted by atomic mass is 32.2. The first-order valence-electron chi connectivity index (χ1n) is 6.95. The van der Waals surface area contributed by atoms with Crippen LogP contribution in [0.5, 0.6) is 0 Å². The number of methoxy groups -OCH3 is 1. The van der Waals surface area contributed by atoms with Crippen molar-refractivity contribution in [3.8, 4) is 6.07 Å². The average Bonchev–Trinajstić information content (AvgIpc) is 2.59. The topological polar surface area (TPSA) is 79.2 Å². The van der Waals surface area contributed by atoms with Gasteiger partial charge >= 0.3 is 5.97 Å². The molecule has 2 rings (SSSR count). The van der Waals surface area contributed by atoms with Crippen LogP contribution in [0.1, 0.15) is 11.5 Å². The second kappa shape index (κ2) is 7.65. The van der Waals surface area contributed by atoms with Gasteiger partial charge in [0.05, 0.1) is 23.8 Å². The van der Waals surface area contributed by atoms with Gasteiger partial charge in [-0.3, -0.25) is 9.59 Å². The molecular weight excluding hydrogens is 312 g/mol. The number of carbonyl (C=O) groups excluding carboxylic acids is 2. The normalized spacial score (nSPS) is 20.4. The first kappa shape index (κ1) is 16.8. The van der Waals surface area contributed by atoms with Crippen molar-refractivity contribution in [2.75, 3.05) is 12.9 Å². The molecule has 0 aliphatic carbocycles. The van der Waals surface area contributed by atoms with E-state index >= 15 is 0 Å². The maximum atomic E-state index is 12.4. The summed E-state index contributed by atoms with van der Waals surface area (Å²) in [6.07, 6.45) is 1.68. The highest BCUT2D eigenvalue weighted by Gasteiger charge is 2.44. The predicted octanol–water partition coefficient (Wildman–Crippen LogP) is 2.34. The van der Waals surface area contributed by atoms with Crippen LogP contribution in [0, 0.1) is 17.2 Å². The molecule has 2 atom stereocenters. The summed E-state index contributed by atoms with van der Waals surface area (Å²) >= 11 is 1.31. The molecule has 0 unspecified atom stereocenters. The van der Waals surface area contributed by atoms with Crippen molar-refractivity contribution in [3.05, 3.63) is 59.2 Å². The fourth-order valence-corrected chi connectivity index (χ4v) is 3.27. The molecule has 1 heterocycles. The van der Waals surface area contributed by atoms with Crippen LogP contribution < -0.4 is 5.32 Å². The van der Waals surface area contributed by atoms with Gasteiger partial charge in [0.25, 0.3) is 0 Å². The van der Waals surface area contributed by atoms with Crippen LogP contribution in [0.2, 0.25) is 0 Å². The van der Waals surface area contributed by atoms with Crippen molar-refractivity contribution in [2.24, 2.45) is 5.92 Å². The molecule has 0 bridgehead atoms. The van der Waals surface area contributed by atoms with Gasteiger partial charge in [-0.15, -0.1) is 18.3 Å². The second-order valence-corrected chi connectivity index (χ2v) is 5.86. The summed E-state index contributed by atoms with van der Waals surface area (Å²) in [5.74, 6) is -2.31. The lowest BCUT2D eigenvalue weighted by molar-refractivity contribution is -0.150. The molecule has 118 valence electrons. The molecule has 1 aromatic carbocycles. The zero-order chi connectivity index (χ0) is 16.8. The second-order valence-electron chi connectivity index (χ2n) is 4.83. The third-order valence-corrected chi connectivity index (χ3v) is 4.50. The summed E-state index contributed by atoms with van der Waals surface area (Å²) in [4.78, 5) is 24.5. The van der Waals surface area contributed by atoms with E-state index in [2.05, 4.69) is 18.0 Å². The van der Waals surface area contributed by atoms with E-state index < -0.39 is 23.7 Å². The van der Waals surface area contributed by atoms with Gasteiger partial charge in [0.2, 0.25) is 5.91 Å². The highest BCUT2D eigenvalue weighted by Crippen LogP contribution is 2.39. The van der Waals surface area contributed by atoms with Crippen LogP contribution >= 0.6 is 11.8 Å². The van der Waals surface area contributed by atoms with Gasteiger partial charge in [-0.2, -0.15) is 5.26 Å². The van der Waals surface area contributed by atoms with Crippen LogP contribution in [-0.2, 0) is 14.3 Å². The molecule has 1 aliphatic rings. The summed E-state index contributed by atoms with van der Waals surface area (Å²) in [7, 11) is 1.23. The molecule has 1 amide bonds. The van der Waals surface area contributed by atoms with Gasteiger partial charge < -0.3 is 10.1 Å². The first-order chi connectivity index (χ1) is 11.1. The minimum absolute atomic E-state index is 0.359. The number of nitrogens with one attached hydrogen (secondary N) is 1. The van der Waals surface area contributed by atoms with Crippen LogP contribution in [0.25, 0.3) is 0 Å². The Morgan fingerprint density at radius 2 is 2.17 bits per heavy atom. The Hall–Kier alpha value is -2.52. The van der Waals surface area contributed by atoms with Gasteiger partial charge in [0.1, 0.15) is 5.92 Å². The van der Waals surface area contributed by atoms with E-state index in [4.69, 9.17) is 4.74 Å². The fourth-order valence-electron chi connectivity index (χ4n) is 2.48. The molecule has 0 aromatic heterocycles. The van der Waals surface area contributed by atoms with Crippen molar-refractivity contribution >= 4 is 23.6 Å². The number of ether oxygens (including phenoxy) is 1. The Kier molecular flexibility index (Phi) is 5.61. The number of carbonyl (C=O) groups is 2. The molecule has 1 aliphatic heterocycles. The van der Waals surface area contributed by atoms with Crippen LogP contribution in [0.3, 0.4) is 0 Å². The molecular formula is C17H16N2O3S. The largest absolute Gasteiger partial charge is 0.468 e. The first-order valence-corrected chi connectivity index (χ1v) is 7.94. The third kappa shape index (κ3) is 3.46. The number of thioether (sulfide) groups is 1. The number of hydrogen-bond donors (Lipinski definition) is 1. The molecule has 0 radical (unpaired) electrons. The Balaban J connectivity index is 2.58. The van der Waals surface area contributed by atoms with Gasteiger partial charge in [-0.25, -0.2) is 0 Å². The van der Waals surface area contributed by atoms with Gasteiger partial charge in [0, 0.05) is 11.7 Å². The summed E-state index contributed by atoms with van der Waals surface area (Å²) in [5.41, 5.74) is 1.09. The lowest BCUT2D eigenvalue weighted by Crippen LogP contribution is -2.44. The zero-order valence-corrected chi connectivity index (χ0v) is 13.4. The smallest absolute Gasteiger partial charge is 0.319 e. The van der Waals surface area contributed by atoms with Gasteiger partial charge in [-0.05, 0) is 5.56 Å². The number of hydrogen-bond acceptors (Lipinski definition) is 5. The predicted molar refractivity (Wildman–Crippen MR) is 88.1 cm³/mol. The van der Waals surface area contributed by atoms with Crippen molar-refractivity contribution in [1.82, 2.24) is 5.32 Å². The highest BCUT2D eigenvalue weighted by molar-refractivity contribution is 8.03. The number of amides is 1. The molecule has 23 heavy (non-hydrogen) atoms. The van der Waals surface area contributed by atoms with E-state index in [9.17, 15) is 14.9 Å². The van der Waals surface area contributed by atoms with Crippen molar-refractivity contribution in [3.63, 3.8) is 0 Å². The monoisotopic (exact) mass is 328 g/mol. The number of nitriles is 1. The van der Waals surface area contributed by atoms with Crippen molar-refractivity contribution in [1.29, 1.82) is 5.26 Å². The lowest BCUT2D eigenvalue weighted by Gasteiger charge is -2.30. The third-order valence-electron chi connectivity index (χ3n) is 3.49. The summed E-state index contributed by atoms with van der Waals surface area (Å²) in [6, 6.07) is 11.2. The number of esters is 1. The molecule has 0 fully saturated rings. The van der Waals surface area contributed by atoms with E-state index in [0.717, 1.165) is 5.56 Å². The molecule has 0 saturated heterocycles. The summed E-state index contributed by atoms with van der Waals surface area (Å²) < 4.78 is 4.77. The van der Waals surface area contributed by atoms with E-state index in [1.165, 1.54) is 18.9 Å². The van der Waals surface area contributed by atoms with Gasteiger partial charge in [0.15, 0.2) is 0 Å². The van der Waals surface area contributed by atoms with E-state index in [1.54, 1.807) is 18.2 Å².